The first-order valence-electron chi connectivity index (χ1n) is 7.31. The van der Waals surface area contributed by atoms with Crippen molar-refractivity contribution < 1.29 is 17.6 Å². The van der Waals surface area contributed by atoms with Crippen molar-refractivity contribution in [2.75, 3.05) is 26.2 Å². The van der Waals surface area contributed by atoms with Crippen LogP contribution in [0.3, 0.4) is 0 Å². The van der Waals surface area contributed by atoms with Crippen LogP contribution >= 0.6 is 15.9 Å². The number of benzene rings is 1. The van der Waals surface area contributed by atoms with Gasteiger partial charge in [0.2, 0.25) is 0 Å². The molecule has 0 bridgehead atoms. The number of halogens is 4. The lowest BCUT2D eigenvalue weighted by Crippen LogP contribution is -2.45. The normalized spacial score (nSPS) is 18.1. The molecule has 3 nitrogen and oxygen atoms in total. The molecule has 0 spiro atoms. The van der Waals surface area contributed by atoms with E-state index >= 15 is 0 Å². The Hall–Kier alpha value is -1.31. The summed E-state index contributed by atoms with van der Waals surface area (Å²) in [5.74, 6) is 0.645. The number of nitrogens with one attached hydrogen (secondary N) is 1. The maximum atomic E-state index is 13.1. The van der Waals surface area contributed by atoms with Gasteiger partial charge in [-0.25, -0.2) is 0 Å². The zero-order valence-electron chi connectivity index (χ0n) is 12.2. The third kappa shape index (κ3) is 3.62. The molecule has 1 aromatic carbocycles. The molecular weight excluding hydrogens is 373 g/mol. The van der Waals surface area contributed by atoms with Gasteiger partial charge in [-0.1, -0.05) is 15.9 Å². The van der Waals surface area contributed by atoms with Gasteiger partial charge in [0, 0.05) is 30.7 Å². The molecule has 0 aliphatic carbocycles. The van der Waals surface area contributed by atoms with Gasteiger partial charge in [0.05, 0.1) is 17.9 Å². The van der Waals surface area contributed by atoms with Crippen LogP contribution in [0, 0.1) is 0 Å². The van der Waals surface area contributed by atoms with Crippen molar-refractivity contribution in [2.45, 2.75) is 12.2 Å². The number of alkyl halides is 3. The number of furan rings is 1. The summed E-state index contributed by atoms with van der Waals surface area (Å²) in [6.45, 7) is 3.09. The van der Waals surface area contributed by atoms with Crippen molar-refractivity contribution in [3.8, 4) is 0 Å². The Bertz CT molecular complexity index is 652. The quantitative estimate of drug-likeness (QED) is 0.859. The van der Waals surface area contributed by atoms with E-state index in [1.165, 1.54) is 12.1 Å². The highest BCUT2D eigenvalue weighted by molar-refractivity contribution is 9.10. The highest BCUT2D eigenvalue weighted by Gasteiger charge is 2.34. The maximum Gasteiger partial charge on any atom is 0.416 e. The molecule has 0 saturated carbocycles. The van der Waals surface area contributed by atoms with Crippen molar-refractivity contribution >= 4 is 15.9 Å². The molecule has 1 aliphatic rings. The second-order valence-electron chi connectivity index (χ2n) is 5.44. The zero-order chi connectivity index (χ0) is 16.4. The van der Waals surface area contributed by atoms with Gasteiger partial charge in [-0.3, -0.25) is 4.90 Å². The monoisotopic (exact) mass is 388 g/mol. The second-order valence-corrected chi connectivity index (χ2v) is 6.29. The fraction of sp³-hybridized carbons (Fsp3) is 0.375. The minimum absolute atomic E-state index is 0.344. The van der Waals surface area contributed by atoms with Gasteiger partial charge in [-0.05, 0) is 35.9 Å². The Balaban J connectivity index is 2.06. The molecule has 1 atom stereocenters. The van der Waals surface area contributed by atoms with Gasteiger partial charge in [0.15, 0.2) is 0 Å². The Morgan fingerprint density at radius 3 is 2.52 bits per heavy atom. The summed E-state index contributed by atoms with van der Waals surface area (Å²) in [6, 6.07) is 6.97. The topological polar surface area (TPSA) is 28.4 Å². The van der Waals surface area contributed by atoms with E-state index in [2.05, 4.69) is 26.1 Å². The molecule has 3 rings (SSSR count). The Kier molecular flexibility index (Phi) is 4.79. The number of rotatable bonds is 3. The fourth-order valence-corrected chi connectivity index (χ4v) is 3.31. The molecule has 23 heavy (non-hydrogen) atoms. The summed E-state index contributed by atoms with van der Waals surface area (Å²) in [4.78, 5) is 2.13. The summed E-state index contributed by atoms with van der Waals surface area (Å²) in [5.41, 5.74) is -0.0842. The first-order valence-corrected chi connectivity index (χ1v) is 8.11. The smallest absolute Gasteiger partial charge is 0.416 e. The van der Waals surface area contributed by atoms with E-state index in [1.807, 2.05) is 0 Å². The predicted molar refractivity (Wildman–Crippen MR) is 84.1 cm³/mol. The first-order chi connectivity index (χ1) is 11.0. The molecular formula is C16H16BrF3N2O. The van der Waals surface area contributed by atoms with E-state index in [1.54, 1.807) is 18.4 Å². The van der Waals surface area contributed by atoms with Crippen LogP contribution in [0.2, 0.25) is 0 Å². The number of piperazine rings is 1. The van der Waals surface area contributed by atoms with Crippen LogP contribution in [0.25, 0.3) is 0 Å². The van der Waals surface area contributed by atoms with Crippen molar-refractivity contribution in [2.24, 2.45) is 0 Å². The lowest BCUT2D eigenvalue weighted by molar-refractivity contribution is -0.137. The van der Waals surface area contributed by atoms with E-state index in [-0.39, 0.29) is 6.04 Å². The lowest BCUT2D eigenvalue weighted by atomic mass is 9.99. The van der Waals surface area contributed by atoms with Gasteiger partial charge in [-0.2, -0.15) is 13.2 Å². The summed E-state index contributed by atoms with van der Waals surface area (Å²) in [6.07, 6.45) is -2.82. The third-order valence-electron chi connectivity index (χ3n) is 3.95. The van der Waals surface area contributed by atoms with Crippen LogP contribution in [0.1, 0.15) is 22.9 Å². The second kappa shape index (κ2) is 6.67. The van der Waals surface area contributed by atoms with Gasteiger partial charge in [0.1, 0.15) is 5.76 Å². The molecule has 1 aromatic heterocycles. The highest BCUT2D eigenvalue weighted by Crippen LogP contribution is 2.38. The van der Waals surface area contributed by atoms with Crippen molar-refractivity contribution in [3.05, 3.63) is 58.0 Å². The molecule has 1 fully saturated rings. The number of nitrogens with zero attached hydrogens (tertiary/aromatic N) is 1. The van der Waals surface area contributed by atoms with Crippen LogP contribution in [-0.4, -0.2) is 31.1 Å². The lowest BCUT2D eigenvalue weighted by Gasteiger charge is -2.34. The SMILES string of the molecule is FC(F)(F)c1ccc(Br)c([C@H](c2ccco2)N2CCNCC2)c1. The summed E-state index contributed by atoms with van der Waals surface area (Å²) in [5, 5.41) is 3.25. The van der Waals surface area contributed by atoms with E-state index in [0.717, 1.165) is 32.2 Å². The Labute approximate surface area is 140 Å². The first kappa shape index (κ1) is 16.5. The largest absolute Gasteiger partial charge is 0.467 e. The summed E-state index contributed by atoms with van der Waals surface area (Å²) < 4.78 is 45.4. The van der Waals surface area contributed by atoms with Gasteiger partial charge >= 0.3 is 6.18 Å². The van der Waals surface area contributed by atoms with E-state index in [9.17, 15) is 13.2 Å². The molecule has 0 amide bonds. The average Bonchev–Trinajstić information content (AvgIpc) is 3.03. The predicted octanol–water partition coefficient (Wildman–Crippen LogP) is 4.06. The third-order valence-corrected chi connectivity index (χ3v) is 4.67. The van der Waals surface area contributed by atoms with Gasteiger partial charge < -0.3 is 9.73 Å². The van der Waals surface area contributed by atoms with Crippen LogP contribution in [-0.2, 0) is 6.18 Å². The summed E-state index contributed by atoms with van der Waals surface area (Å²) >= 11 is 3.40. The number of hydrogen-bond donors (Lipinski definition) is 1. The van der Waals surface area contributed by atoms with E-state index in [0.29, 0.717) is 15.8 Å². The standard InChI is InChI=1S/C16H16BrF3N2O/c17-13-4-3-11(16(18,19)20)10-12(13)15(14-2-1-9-23-14)22-7-5-21-6-8-22/h1-4,9-10,15,21H,5-8H2/t15-/m1/s1. The van der Waals surface area contributed by atoms with Crippen LogP contribution < -0.4 is 5.32 Å². The Morgan fingerprint density at radius 2 is 1.91 bits per heavy atom. The number of hydrogen-bond acceptors (Lipinski definition) is 3. The highest BCUT2D eigenvalue weighted by atomic mass is 79.9. The minimum Gasteiger partial charge on any atom is -0.467 e. The molecule has 124 valence electrons. The Morgan fingerprint density at radius 1 is 1.17 bits per heavy atom. The molecule has 0 unspecified atom stereocenters. The average molecular weight is 389 g/mol. The fourth-order valence-electron chi connectivity index (χ4n) is 2.85. The summed E-state index contributed by atoms with van der Waals surface area (Å²) in [7, 11) is 0. The van der Waals surface area contributed by atoms with E-state index < -0.39 is 11.7 Å². The zero-order valence-corrected chi connectivity index (χ0v) is 13.8. The van der Waals surface area contributed by atoms with Crippen LogP contribution in [0.4, 0.5) is 13.2 Å². The molecule has 7 heteroatoms. The molecule has 1 N–H and O–H groups in total. The molecule has 1 saturated heterocycles. The van der Waals surface area contributed by atoms with Crippen molar-refractivity contribution in [3.63, 3.8) is 0 Å². The molecule has 0 radical (unpaired) electrons. The van der Waals surface area contributed by atoms with Crippen LogP contribution in [0.15, 0.2) is 45.5 Å². The van der Waals surface area contributed by atoms with Crippen molar-refractivity contribution in [1.29, 1.82) is 0 Å². The van der Waals surface area contributed by atoms with Gasteiger partial charge in [0.25, 0.3) is 0 Å². The van der Waals surface area contributed by atoms with E-state index in [4.69, 9.17) is 4.42 Å². The molecule has 1 aliphatic heterocycles. The minimum atomic E-state index is -4.37. The van der Waals surface area contributed by atoms with Gasteiger partial charge in [-0.15, -0.1) is 0 Å². The molecule has 2 aromatic rings. The maximum absolute atomic E-state index is 13.1. The van der Waals surface area contributed by atoms with Crippen molar-refractivity contribution in [1.82, 2.24) is 10.2 Å². The van der Waals surface area contributed by atoms with Crippen LogP contribution in [0.5, 0.6) is 0 Å². The molecule has 2 heterocycles.